The molecule has 2 heterocycles. The number of benzene rings is 1. The number of nitrogens with one attached hydrogen (secondary N) is 2. The number of rotatable bonds is 4. The maximum absolute atomic E-state index is 12.8. The van der Waals surface area contributed by atoms with E-state index in [1.54, 1.807) is 12.1 Å². The molecule has 0 radical (unpaired) electrons. The molecule has 0 saturated carbocycles. The van der Waals surface area contributed by atoms with Gasteiger partial charge < -0.3 is 5.32 Å². The number of halogens is 1. The highest BCUT2D eigenvalue weighted by Crippen LogP contribution is 2.29. The van der Waals surface area contributed by atoms with Gasteiger partial charge in [0.2, 0.25) is 17.7 Å². The minimum absolute atomic E-state index is 0.0386. The van der Waals surface area contributed by atoms with Crippen LogP contribution in [0.3, 0.4) is 0 Å². The molecule has 2 N–H and O–H groups in total. The van der Waals surface area contributed by atoms with E-state index in [0.717, 1.165) is 4.90 Å². The molecule has 5 amide bonds. The number of carbonyl (C=O) groups is 5. The Morgan fingerprint density at radius 3 is 2.68 bits per heavy atom. The van der Waals surface area contributed by atoms with Crippen molar-refractivity contribution in [1.82, 2.24) is 15.5 Å². The van der Waals surface area contributed by atoms with Crippen molar-refractivity contribution in [2.45, 2.75) is 25.4 Å². The second-order valence-electron chi connectivity index (χ2n) is 5.70. The Bertz CT molecular complexity index is 807. The van der Waals surface area contributed by atoms with Gasteiger partial charge in [0.15, 0.2) is 0 Å². The zero-order chi connectivity index (χ0) is 18.1. The van der Waals surface area contributed by atoms with Gasteiger partial charge in [-0.1, -0.05) is 12.1 Å². The molecule has 0 spiro atoms. The Morgan fingerprint density at radius 2 is 2.00 bits per heavy atom. The van der Waals surface area contributed by atoms with Gasteiger partial charge in [0, 0.05) is 13.0 Å². The van der Waals surface area contributed by atoms with Crippen LogP contribution < -0.4 is 10.6 Å². The molecular weight excluding hydrogens is 350 g/mol. The first-order chi connectivity index (χ1) is 11.9. The number of hydrogen-bond acceptors (Lipinski definition) is 5. The van der Waals surface area contributed by atoms with Crippen LogP contribution in [0.2, 0.25) is 0 Å². The zero-order valence-corrected chi connectivity index (χ0v) is 13.8. The number of nitrogens with zero attached hydrogens (tertiary/aromatic N) is 1. The van der Waals surface area contributed by atoms with E-state index >= 15 is 0 Å². The largest absolute Gasteiger partial charge is 0.351 e. The van der Waals surface area contributed by atoms with Crippen molar-refractivity contribution in [1.29, 1.82) is 0 Å². The van der Waals surface area contributed by atoms with Crippen LogP contribution in [0.15, 0.2) is 18.2 Å². The van der Waals surface area contributed by atoms with E-state index in [4.69, 9.17) is 11.6 Å². The van der Waals surface area contributed by atoms with Crippen molar-refractivity contribution in [2.24, 2.45) is 0 Å². The highest BCUT2D eigenvalue weighted by Gasteiger charge is 2.45. The SMILES string of the molecule is O=C(CCl)NCc1cccc2c1C(=O)N([C@H]1CCC(=O)NC1=O)C2=O. The van der Waals surface area contributed by atoms with Crippen LogP contribution in [0.25, 0.3) is 0 Å². The van der Waals surface area contributed by atoms with Crippen molar-refractivity contribution >= 4 is 41.1 Å². The lowest BCUT2D eigenvalue weighted by molar-refractivity contribution is -0.136. The van der Waals surface area contributed by atoms with Gasteiger partial charge in [-0.15, -0.1) is 11.6 Å². The third-order valence-electron chi connectivity index (χ3n) is 4.15. The monoisotopic (exact) mass is 363 g/mol. The van der Waals surface area contributed by atoms with Crippen LogP contribution in [-0.4, -0.2) is 46.4 Å². The molecule has 2 aliphatic heterocycles. The number of alkyl halides is 1. The van der Waals surface area contributed by atoms with E-state index in [-0.39, 0.29) is 36.4 Å². The molecule has 1 saturated heterocycles. The van der Waals surface area contributed by atoms with Gasteiger partial charge in [-0.3, -0.25) is 34.2 Å². The summed E-state index contributed by atoms with van der Waals surface area (Å²) in [5, 5.41) is 4.69. The summed E-state index contributed by atoms with van der Waals surface area (Å²) in [6, 6.07) is 3.69. The minimum Gasteiger partial charge on any atom is -0.351 e. The number of imide groups is 2. The molecule has 3 rings (SSSR count). The molecule has 0 unspecified atom stereocenters. The average Bonchev–Trinajstić information content (AvgIpc) is 2.85. The van der Waals surface area contributed by atoms with E-state index in [2.05, 4.69) is 10.6 Å². The summed E-state index contributed by atoms with van der Waals surface area (Å²) >= 11 is 5.43. The lowest BCUT2D eigenvalue weighted by Crippen LogP contribution is -2.54. The Balaban J connectivity index is 1.90. The van der Waals surface area contributed by atoms with Gasteiger partial charge in [0.1, 0.15) is 11.9 Å². The molecule has 1 aromatic rings. The molecule has 1 fully saturated rings. The average molecular weight is 364 g/mol. The molecule has 0 aromatic heterocycles. The smallest absolute Gasteiger partial charge is 0.262 e. The maximum Gasteiger partial charge on any atom is 0.262 e. The summed E-state index contributed by atoms with van der Waals surface area (Å²) in [5.41, 5.74) is 0.795. The summed E-state index contributed by atoms with van der Waals surface area (Å²) in [4.78, 5) is 60.9. The van der Waals surface area contributed by atoms with Crippen LogP contribution >= 0.6 is 11.6 Å². The fraction of sp³-hybridized carbons (Fsp3) is 0.312. The van der Waals surface area contributed by atoms with E-state index in [1.807, 2.05) is 0 Å². The minimum atomic E-state index is -1.02. The quantitative estimate of drug-likeness (QED) is 0.575. The van der Waals surface area contributed by atoms with Crippen LogP contribution in [0.4, 0.5) is 0 Å². The second-order valence-corrected chi connectivity index (χ2v) is 5.96. The van der Waals surface area contributed by atoms with E-state index in [1.165, 1.54) is 6.07 Å². The van der Waals surface area contributed by atoms with E-state index in [9.17, 15) is 24.0 Å². The van der Waals surface area contributed by atoms with Crippen molar-refractivity contribution in [3.8, 4) is 0 Å². The lowest BCUT2D eigenvalue weighted by atomic mass is 10.0. The third kappa shape index (κ3) is 3.00. The van der Waals surface area contributed by atoms with Crippen LogP contribution in [0, 0.1) is 0 Å². The molecule has 130 valence electrons. The van der Waals surface area contributed by atoms with Crippen LogP contribution in [0.5, 0.6) is 0 Å². The van der Waals surface area contributed by atoms with Crippen molar-refractivity contribution in [2.75, 3.05) is 5.88 Å². The standard InChI is InChI=1S/C16H14ClN3O5/c17-6-12(22)18-7-8-2-1-3-9-13(8)16(25)20(15(9)24)10-4-5-11(21)19-14(10)23/h1-3,10H,4-7H2,(H,18,22)(H,19,21,23)/t10-/m0/s1. The van der Waals surface area contributed by atoms with Gasteiger partial charge in [-0.05, 0) is 18.1 Å². The summed E-state index contributed by atoms with van der Waals surface area (Å²) in [6.45, 7) is 0.0386. The molecule has 9 heteroatoms. The molecule has 0 bridgehead atoms. The van der Waals surface area contributed by atoms with Crippen LogP contribution in [-0.2, 0) is 20.9 Å². The Morgan fingerprint density at radius 1 is 1.24 bits per heavy atom. The molecule has 8 nitrogen and oxygen atoms in total. The van der Waals surface area contributed by atoms with Gasteiger partial charge in [0.25, 0.3) is 11.8 Å². The number of amides is 5. The summed E-state index contributed by atoms with van der Waals surface area (Å²) in [6.07, 6.45) is 0.150. The third-order valence-corrected chi connectivity index (χ3v) is 4.39. The van der Waals surface area contributed by atoms with Crippen LogP contribution in [0.1, 0.15) is 39.1 Å². The van der Waals surface area contributed by atoms with E-state index < -0.39 is 35.6 Å². The molecule has 1 aromatic carbocycles. The molecular formula is C16H14ClN3O5. The summed E-state index contributed by atoms with van der Waals surface area (Å²) in [7, 11) is 0. The first-order valence-electron chi connectivity index (χ1n) is 7.60. The predicted molar refractivity (Wildman–Crippen MR) is 85.7 cm³/mol. The summed E-state index contributed by atoms with van der Waals surface area (Å²) in [5.74, 6) is -2.90. The first kappa shape index (κ1) is 17.1. The zero-order valence-electron chi connectivity index (χ0n) is 13.0. The number of fused-ring (bicyclic) bond motifs is 1. The fourth-order valence-corrected chi connectivity index (χ4v) is 3.07. The van der Waals surface area contributed by atoms with Crippen molar-refractivity contribution < 1.29 is 24.0 Å². The Hall–Kier alpha value is -2.74. The van der Waals surface area contributed by atoms with Gasteiger partial charge in [-0.2, -0.15) is 0 Å². The van der Waals surface area contributed by atoms with Gasteiger partial charge in [0.05, 0.1) is 11.1 Å². The number of carbonyl (C=O) groups excluding carboxylic acids is 5. The normalized spacial score (nSPS) is 19.7. The predicted octanol–water partition coefficient (Wildman–Crippen LogP) is -0.0572. The van der Waals surface area contributed by atoms with Crippen molar-refractivity contribution in [3.63, 3.8) is 0 Å². The highest BCUT2D eigenvalue weighted by atomic mass is 35.5. The fourth-order valence-electron chi connectivity index (χ4n) is 2.97. The number of hydrogen-bond donors (Lipinski definition) is 2. The second kappa shape index (κ2) is 6.64. The van der Waals surface area contributed by atoms with Crippen molar-refractivity contribution in [3.05, 3.63) is 34.9 Å². The number of piperidine rings is 1. The van der Waals surface area contributed by atoms with Gasteiger partial charge >= 0.3 is 0 Å². The summed E-state index contributed by atoms with van der Waals surface area (Å²) < 4.78 is 0. The maximum atomic E-state index is 12.8. The Labute approximate surface area is 147 Å². The Kier molecular flexibility index (Phi) is 4.54. The molecule has 2 aliphatic rings. The first-order valence-corrected chi connectivity index (χ1v) is 8.13. The highest BCUT2D eigenvalue weighted by molar-refractivity contribution is 6.27. The lowest BCUT2D eigenvalue weighted by Gasteiger charge is -2.27. The van der Waals surface area contributed by atoms with Gasteiger partial charge in [-0.25, -0.2) is 0 Å². The molecule has 1 atom stereocenters. The molecule has 25 heavy (non-hydrogen) atoms. The molecule has 0 aliphatic carbocycles. The topological polar surface area (TPSA) is 113 Å². The van der Waals surface area contributed by atoms with E-state index in [0.29, 0.717) is 5.56 Å².